The maximum absolute atomic E-state index is 4.68. The summed E-state index contributed by atoms with van der Waals surface area (Å²) in [6.45, 7) is 8.99. The zero-order chi connectivity index (χ0) is 16.0. The summed E-state index contributed by atoms with van der Waals surface area (Å²) in [5, 5.41) is 9.89. The van der Waals surface area contributed by atoms with E-state index in [9.17, 15) is 0 Å². The summed E-state index contributed by atoms with van der Waals surface area (Å²) in [6.07, 6.45) is 4.11. The number of aromatic nitrogens is 2. The van der Waals surface area contributed by atoms with Gasteiger partial charge in [-0.3, -0.25) is 4.99 Å². The normalized spacial score (nSPS) is 12.5. The Morgan fingerprint density at radius 2 is 2.00 bits per heavy atom. The average molecular weight is 319 g/mol. The fourth-order valence-electron chi connectivity index (χ4n) is 1.95. The minimum Gasteiger partial charge on any atom is -0.355 e. The van der Waals surface area contributed by atoms with Crippen molar-refractivity contribution in [2.75, 3.05) is 13.6 Å². The average Bonchev–Trinajstić information content (AvgIpc) is 3.13. The summed E-state index contributed by atoms with van der Waals surface area (Å²) >= 11 is 1.72. The molecule has 2 aromatic rings. The van der Waals surface area contributed by atoms with Crippen LogP contribution in [0.25, 0.3) is 0 Å². The van der Waals surface area contributed by atoms with E-state index in [4.69, 9.17) is 0 Å². The Balaban J connectivity index is 1.77. The second-order valence-corrected chi connectivity index (χ2v) is 7.03. The zero-order valence-corrected chi connectivity index (χ0v) is 14.6. The van der Waals surface area contributed by atoms with Crippen molar-refractivity contribution in [2.45, 2.75) is 39.3 Å². The van der Waals surface area contributed by atoms with E-state index in [1.807, 2.05) is 12.1 Å². The topological polar surface area (TPSA) is 54.2 Å². The van der Waals surface area contributed by atoms with E-state index >= 15 is 0 Å². The SMILES string of the molecule is CN=C(NCCn1cccc1)NCc1csc(C(C)(C)C)n1. The van der Waals surface area contributed by atoms with Crippen molar-refractivity contribution in [3.8, 4) is 0 Å². The minimum absolute atomic E-state index is 0.111. The van der Waals surface area contributed by atoms with Gasteiger partial charge in [0.15, 0.2) is 5.96 Å². The molecule has 6 heteroatoms. The summed E-state index contributed by atoms with van der Waals surface area (Å²) in [6, 6.07) is 4.06. The summed E-state index contributed by atoms with van der Waals surface area (Å²) in [5.74, 6) is 0.803. The molecule has 0 aliphatic carbocycles. The smallest absolute Gasteiger partial charge is 0.191 e. The molecule has 2 rings (SSSR count). The van der Waals surface area contributed by atoms with Crippen LogP contribution in [0.2, 0.25) is 0 Å². The summed E-state index contributed by atoms with van der Waals surface area (Å²) in [5.41, 5.74) is 1.17. The third-order valence-electron chi connectivity index (χ3n) is 3.18. The van der Waals surface area contributed by atoms with Crippen molar-refractivity contribution >= 4 is 17.3 Å². The van der Waals surface area contributed by atoms with Crippen LogP contribution in [-0.2, 0) is 18.5 Å². The predicted molar refractivity (Wildman–Crippen MR) is 93.4 cm³/mol. The highest BCUT2D eigenvalue weighted by Gasteiger charge is 2.17. The van der Waals surface area contributed by atoms with Gasteiger partial charge in [-0.15, -0.1) is 11.3 Å². The molecule has 0 saturated heterocycles. The third-order valence-corrected chi connectivity index (χ3v) is 4.50. The van der Waals surface area contributed by atoms with Crippen LogP contribution in [0.5, 0.6) is 0 Å². The van der Waals surface area contributed by atoms with Crippen LogP contribution in [0.3, 0.4) is 0 Å². The molecule has 0 spiro atoms. The molecule has 0 atom stereocenters. The van der Waals surface area contributed by atoms with Crippen LogP contribution in [0, 0.1) is 0 Å². The van der Waals surface area contributed by atoms with E-state index in [1.54, 1.807) is 18.4 Å². The molecule has 120 valence electrons. The van der Waals surface area contributed by atoms with E-state index in [0.717, 1.165) is 24.7 Å². The number of rotatable bonds is 5. The van der Waals surface area contributed by atoms with Gasteiger partial charge in [0.1, 0.15) is 0 Å². The number of thiazole rings is 1. The predicted octanol–water partition coefficient (Wildman–Crippen LogP) is 2.61. The second-order valence-electron chi connectivity index (χ2n) is 6.17. The maximum Gasteiger partial charge on any atom is 0.191 e. The van der Waals surface area contributed by atoms with Gasteiger partial charge >= 0.3 is 0 Å². The first-order valence-corrected chi connectivity index (χ1v) is 8.37. The van der Waals surface area contributed by atoms with Gasteiger partial charge in [-0.2, -0.15) is 0 Å². The van der Waals surface area contributed by atoms with Gasteiger partial charge in [0, 0.05) is 43.3 Å². The van der Waals surface area contributed by atoms with Gasteiger partial charge in [0.25, 0.3) is 0 Å². The van der Waals surface area contributed by atoms with E-state index in [-0.39, 0.29) is 5.41 Å². The van der Waals surface area contributed by atoms with Gasteiger partial charge in [-0.05, 0) is 12.1 Å². The number of nitrogens with one attached hydrogen (secondary N) is 2. The summed E-state index contributed by atoms with van der Waals surface area (Å²) in [4.78, 5) is 8.92. The Morgan fingerprint density at radius 3 is 2.59 bits per heavy atom. The van der Waals surface area contributed by atoms with Crippen LogP contribution in [0.4, 0.5) is 0 Å². The minimum atomic E-state index is 0.111. The molecule has 5 nitrogen and oxygen atoms in total. The fraction of sp³-hybridized carbons (Fsp3) is 0.500. The molecule has 2 N–H and O–H groups in total. The van der Waals surface area contributed by atoms with Crippen molar-refractivity contribution in [3.63, 3.8) is 0 Å². The van der Waals surface area contributed by atoms with E-state index in [1.165, 1.54) is 5.01 Å². The molecule has 0 aliphatic rings. The molecule has 0 radical (unpaired) electrons. The third kappa shape index (κ3) is 4.87. The summed E-state index contributed by atoms with van der Waals surface area (Å²) in [7, 11) is 1.78. The molecule has 0 saturated carbocycles. The molecule has 0 aliphatic heterocycles. The molecule has 0 bridgehead atoms. The van der Waals surface area contributed by atoms with Crippen LogP contribution in [0.15, 0.2) is 34.9 Å². The Hall–Kier alpha value is -1.82. The molecule has 22 heavy (non-hydrogen) atoms. The highest BCUT2D eigenvalue weighted by Crippen LogP contribution is 2.25. The number of guanidine groups is 1. The first-order chi connectivity index (χ1) is 10.5. The monoisotopic (exact) mass is 319 g/mol. The molecule has 2 heterocycles. The molecular formula is C16H25N5S. The lowest BCUT2D eigenvalue weighted by Crippen LogP contribution is -2.38. The molecular weight excluding hydrogens is 294 g/mol. The first kappa shape index (κ1) is 16.5. The van der Waals surface area contributed by atoms with E-state index in [0.29, 0.717) is 6.54 Å². The first-order valence-electron chi connectivity index (χ1n) is 7.49. The lowest BCUT2D eigenvalue weighted by molar-refractivity contribution is 0.582. The number of nitrogens with zero attached hydrogens (tertiary/aromatic N) is 3. The van der Waals surface area contributed by atoms with Crippen molar-refractivity contribution in [3.05, 3.63) is 40.6 Å². The zero-order valence-electron chi connectivity index (χ0n) is 13.8. The standard InChI is InChI=1S/C16H25N5S/c1-16(2,3)14-20-13(12-22-14)11-19-15(17-4)18-7-10-21-8-5-6-9-21/h5-6,8-9,12H,7,10-11H2,1-4H3,(H2,17,18,19). The largest absolute Gasteiger partial charge is 0.355 e. The van der Waals surface area contributed by atoms with Gasteiger partial charge in [0.2, 0.25) is 0 Å². The lowest BCUT2D eigenvalue weighted by atomic mass is 9.98. The van der Waals surface area contributed by atoms with Gasteiger partial charge in [-0.25, -0.2) is 4.98 Å². The van der Waals surface area contributed by atoms with Crippen LogP contribution in [-0.4, -0.2) is 29.1 Å². The Labute approximate surface area is 136 Å². The van der Waals surface area contributed by atoms with E-state index in [2.05, 4.69) is 63.7 Å². The highest BCUT2D eigenvalue weighted by atomic mass is 32.1. The van der Waals surface area contributed by atoms with Gasteiger partial charge in [-0.1, -0.05) is 20.8 Å². The number of hydrogen-bond acceptors (Lipinski definition) is 3. The molecule has 0 fully saturated rings. The fourth-order valence-corrected chi connectivity index (χ4v) is 2.86. The quantitative estimate of drug-likeness (QED) is 0.658. The van der Waals surface area contributed by atoms with E-state index < -0.39 is 0 Å². The van der Waals surface area contributed by atoms with Crippen LogP contribution in [0.1, 0.15) is 31.5 Å². The second kappa shape index (κ2) is 7.45. The molecule has 2 aromatic heterocycles. The molecule has 0 amide bonds. The highest BCUT2D eigenvalue weighted by molar-refractivity contribution is 7.09. The van der Waals surface area contributed by atoms with Crippen LogP contribution < -0.4 is 10.6 Å². The molecule has 0 unspecified atom stereocenters. The Kier molecular flexibility index (Phi) is 5.60. The van der Waals surface area contributed by atoms with Crippen molar-refractivity contribution in [1.29, 1.82) is 0 Å². The lowest BCUT2D eigenvalue weighted by Gasteiger charge is -2.14. The summed E-state index contributed by atoms with van der Waals surface area (Å²) < 4.78 is 2.14. The molecule has 0 aromatic carbocycles. The van der Waals surface area contributed by atoms with Gasteiger partial charge in [0.05, 0.1) is 17.2 Å². The maximum atomic E-state index is 4.68. The Morgan fingerprint density at radius 1 is 1.27 bits per heavy atom. The van der Waals surface area contributed by atoms with Gasteiger partial charge < -0.3 is 15.2 Å². The number of aliphatic imine (C=N–C) groups is 1. The number of hydrogen-bond donors (Lipinski definition) is 2. The van der Waals surface area contributed by atoms with Crippen molar-refractivity contribution < 1.29 is 0 Å². The van der Waals surface area contributed by atoms with Crippen LogP contribution >= 0.6 is 11.3 Å². The van der Waals surface area contributed by atoms with Crippen molar-refractivity contribution in [1.82, 2.24) is 20.2 Å². The Bertz CT molecular complexity index is 592. The van der Waals surface area contributed by atoms with Crippen molar-refractivity contribution in [2.24, 2.45) is 4.99 Å².